The molecule has 0 spiro atoms. The van der Waals surface area contributed by atoms with Crippen LogP contribution >= 0.6 is 11.3 Å². The number of halogens is 3. The van der Waals surface area contributed by atoms with Crippen LogP contribution in [0.3, 0.4) is 0 Å². The van der Waals surface area contributed by atoms with Gasteiger partial charge >= 0.3 is 12.0 Å². The van der Waals surface area contributed by atoms with Crippen molar-refractivity contribution < 1.29 is 23.4 Å². The molecule has 0 aromatic carbocycles. The number of hydrogen-bond donors (Lipinski definition) is 2. The highest BCUT2D eigenvalue weighted by molar-refractivity contribution is 7.09. The molecule has 2 N–H and O–H groups in total. The van der Waals surface area contributed by atoms with E-state index >= 15 is 0 Å². The molecule has 0 aliphatic heterocycles. The average molecular weight is 213 g/mol. The first-order valence-corrected chi connectivity index (χ1v) is 4.07. The van der Waals surface area contributed by atoms with Gasteiger partial charge < -0.3 is 10.2 Å². The molecule has 13 heavy (non-hydrogen) atoms. The van der Waals surface area contributed by atoms with Crippen LogP contribution in [0.2, 0.25) is 0 Å². The van der Waals surface area contributed by atoms with Crippen molar-refractivity contribution in [2.75, 3.05) is 0 Å². The number of aliphatic hydroxyl groups is 2. The number of thiazole rings is 1. The third kappa shape index (κ3) is 1.82. The maximum absolute atomic E-state index is 12.0. The first-order chi connectivity index (χ1) is 5.75. The van der Waals surface area contributed by atoms with Crippen molar-refractivity contribution in [1.29, 1.82) is 0 Å². The first-order valence-electron chi connectivity index (χ1n) is 3.19. The number of alkyl halides is 3. The van der Waals surface area contributed by atoms with E-state index in [4.69, 9.17) is 10.2 Å². The Morgan fingerprint density at radius 1 is 1.38 bits per heavy atom. The minimum atomic E-state index is -5.13. The van der Waals surface area contributed by atoms with Crippen molar-refractivity contribution in [3.05, 3.63) is 16.1 Å². The molecule has 1 rings (SSSR count). The Labute approximate surface area is 75.5 Å². The number of aryl methyl sites for hydroxylation is 1. The molecule has 0 aliphatic carbocycles. The van der Waals surface area contributed by atoms with Crippen LogP contribution in [-0.4, -0.2) is 21.4 Å². The molecule has 1 aromatic heterocycles. The van der Waals surface area contributed by atoms with Crippen LogP contribution < -0.4 is 0 Å². The summed E-state index contributed by atoms with van der Waals surface area (Å²) in [5.41, 5.74) is 0.316. The molecule has 1 heterocycles. The molecule has 0 radical (unpaired) electrons. The first kappa shape index (κ1) is 10.4. The smallest absolute Gasteiger partial charge is 0.353 e. The fourth-order valence-electron chi connectivity index (χ4n) is 0.635. The Morgan fingerprint density at radius 3 is 2.23 bits per heavy atom. The van der Waals surface area contributed by atoms with Crippen LogP contribution in [0, 0.1) is 6.92 Å². The molecule has 1 aromatic rings. The topological polar surface area (TPSA) is 53.4 Å². The molecule has 0 bridgehead atoms. The van der Waals surface area contributed by atoms with Gasteiger partial charge in [0.25, 0.3) is 0 Å². The number of aromatic nitrogens is 1. The molecule has 0 fully saturated rings. The number of rotatable bonds is 1. The van der Waals surface area contributed by atoms with Crippen LogP contribution in [0.4, 0.5) is 13.2 Å². The highest BCUT2D eigenvalue weighted by Crippen LogP contribution is 2.37. The van der Waals surface area contributed by atoms with Gasteiger partial charge in [-0.3, -0.25) is 0 Å². The van der Waals surface area contributed by atoms with Crippen molar-refractivity contribution in [1.82, 2.24) is 4.98 Å². The molecular weight excluding hydrogens is 207 g/mol. The summed E-state index contributed by atoms with van der Waals surface area (Å²) in [5.74, 6) is -3.84. The van der Waals surface area contributed by atoms with E-state index in [-0.39, 0.29) is 0 Å². The maximum Gasteiger partial charge on any atom is 0.450 e. The quantitative estimate of drug-likeness (QED) is 0.688. The zero-order valence-corrected chi connectivity index (χ0v) is 7.28. The number of hydrogen-bond acceptors (Lipinski definition) is 4. The minimum absolute atomic E-state index is 0.316. The van der Waals surface area contributed by atoms with Crippen LogP contribution in [0.5, 0.6) is 0 Å². The van der Waals surface area contributed by atoms with E-state index in [0.717, 1.165) is 0 Å². The zero-order chi connectivity index (χ0) is 10.3. The van der Waals surface area contributed by atoms with E-state index in [1.54, 1.807) is 0 Å². The molecule has 0 saturated heterocycles. The van der Waals surface area contributed by atoms with Crippen molar-refractivity contribution in [3.63, 3.8) is 0 Å². The van der Waals surface area contributed by atoms with Gasteiger partial charge in [-0.2, -0.15) is 13.2 Å². The van der Waals surface area contributed by atoms with Gasteiger partial charge in [-0.15, -0.1) is 11.3 Å². The highest BCUT2D eigenvalue weighted by atomic mass is 32.1. The predicted octanol–water partition coefficient (Wildman–Crippen LogP) is 1.15. The normalized spacial score (nSPS) is 13.4. The van der Waals surface area contributed by atoms with Gasteiger partial charge in [0.2, 0.25) is 0 Å². The SMILES string of the molecule is Cc1csc(C(O)(O)C(F)(F)F)n1. The van der Waals surface area contributed by atoms with Crippen molar-refractivity contribution in [2.24, 2.45) is 0 Å². The van der Waals surface area contributed by atoms with Gasteiger partial charge in [-0.05, 0) is 6.92 Å². The Kier molecular flexibility index (Phi) is 2.35. The fraction of sp³-hybridized carbons (Fsp3) is 0.500. The van der Waals surface area contributed by atoms with Crippen molar-refractivity contribution in [2.45, 2.75) is 18.9 Å². The largest absolute Gasteiger partial charge is 0.450 e. The minimum Gasteiger partial charge on any atom is -0.353 e. The molecule has 3 nitrogen and oxygen atoms in total. The lowest BCUT2D eigenvalue weighted by atomic mass is 10.3. The second kappa shape index (κ2) is 2.93. The molecule has 0 amide bonds. The third-order valence-electron chi connectivity index (χ3n) is 1.31. The lowest BCUT2D eigenvalue weighted by Gasteiger charge is -2.21. The summed E-state index contributed by atoms with van der Waals surface area (Å²) in [6, 6.07) is 0. The Balaban J connectivity index is 3.07. The third-order valence-corrected chi connectivity index (χ3v) is 2.37. The van der Waals surface area contributed by atoms with Crippen LogP contribution in [-0.2, 0) is 5.79 Å². The summed E-state index contributed by atoms with van der Waals surface area (Å²) < 4.78 is 36.0. The molecule has 0 unspecified atom stereocenters. The van der Waals surface area contributed by atoms with Crippen LogP contribution in [0.1, 0.15) is 10.7 Å². The van der Waals surface area contributed by atoms with Gasteiger partial charge in [-0.1, -0.05) is 0 Å². The summed E-state index contributed by atoms with van der Waals surface area (Å²) >= 11 is 0.552. The molecule has 7 heteroatoms. The summed E-state index contributed by atoms with van der Waals surface area (Å²) in [6.45, 7) is 1.46. The van der Waals surface area contributed by atoms with Gasteiger partial charge in [0.15, 0.2) is 5.01 Å². The van der Waals surface area contributed by atoms with Gasteiger partial charge in [0.05, 0.1) is 0 Å². The van der Waals surface area contributed by atoms with Gasteiger partial charge in [0.1, 0.15) is 0 Å². The lowest BCUT2D eigenvalue weighted by molar-refractivity contribution is -0.358. The van der Waals surface area contributed by atoms with E-state index in [0.29, 0.717) is 17.0 Å². The van der Waals surface area contributed by atoms with Crippen LogP contribution in [0.25, 0.3) is 0 Å². The summed E-state index contributed by atoms with van der Waals surface area (Å²) in [6.07, 6.45) is -5.13. The van der Waals surface area contributed by atoms with Crippen LogP contribution in [0.15, 0.2) is 5.38 Å². The molecule has 0 atom stereocenters. The Bertz CT molecular complexity index is 307. The van der Waals surface area contributed by atoms with E-state index in [9.17, 15) is 13.2 Å². The second-order valence-electron chi connectivity index (χ2n) is 2.46. The zero-order valence-electron chi connectivity index (χ0n) is 6.46. The fourth-order valence-corrected chi connectivity index (χ4v) is 1.45. The summed E-state index contributed by atoms with van der Waals surface area (Å²) in [4.78, 5) is 3.35. The monoisotopic (exact) mass is 213 g/mol. The number of nitrogens with zero attached hydrogens (tertiary/aromatic N) is 1. The van der Waals surface area contributed by atoms with Gasteiger partial charge in [0, 0.05) is 11.1 Å². The average Bonchev–Trinajstić information content (AvgIpc) is 2.33. The van der Waals surface area contributed by atoms with E-state index in [1.807, 2.05) is 0 Å². The highest BCUT2D eigenvalue weighted by Gasteiger charge is 2.56. The van der Waals surface area contributed by atoms with E-state index in [2.05, 4.69) is 4.98 Å². The Hall–Kier alpha value is -0.660. The maximum atomic E-state index is 12.0. The predicted molar refractivity (Wildman–Crippen MR) is 39.0 cm³/mol. The second-order valence-corrected chi connectivity index (χ2v) is 3.32. The van der Waals surface area contributed by atoms with E-state index in [1.165, 1.54) is 12.3 Å². The van der Waals surface area contributed by atoms with Crippen molar-refractivity contribution >= 4 is 11.3 Å². The summed E-state index contributed by atoms with van der Waals surface area (Å²) in [7, 11) is 0. The standard InChI is InChI=1S/C6H6F3NO2S/c1-3-2-13-4(10-3)5(11,12)6(7,8)9/h2,11-12H,1H3. The molecule has 74 valence electrons. The molecule has 0 aliphatic rings. The van der Waals surface area contributed by atoms with E-state index < -0.39 is 17.0 Å². The Morgan fingerprint density at radius 2 is 1.92 bits per heavy atom. The lowest BCUT2D eigenvalue weighted by Crippen LogP contribution is -2.41. The molecular formula is C6H6F3NO2S. The molecule has 0 saturated carbocycles. The van der Waals surface area contributed by atoms with Crippen molar-refractivity contribution in [3.8, 4) is 0 Å². The summed E-state index contributed by atoms with van der Waals surface area (Å²) in [5, 5.41) is 18.0. The van der Waals surface area contributed by atoms with Gasteiger partial charge in [-0.25, -0.2) is 4.98 Å².